The van der Waals surface area contributed by atoms with Crippen LogP contribution in [0.1, 0.15) is 24.5 Å². The van der Waals surface area contributed by atoms with Gasteiger partial charge in [0, 0.05) is 6.42 Å². The lowest BCUT2D eigenvalue weighted by Gasteiger charge is -2.13. The first-order valence-corrected chi connectivity index (χ1v) is 5.66. The van der Waals surface area contributed by atoms with Crippen LogP contribution in [0.25, 0.3) is 10.8 Å². The Hall–Kier alpha value is -1.38. The Morgan fingerprint density at radius 2 is 1.81 bits per heavy atom. The van der Waals surface area contributed by atoms with Crippen molar-refractivity contribution in [3.63, 3.8) is 0 Å². The molecule has 0 amide bonds. The quantitative estimate of drug-likeness (QED) is 0.790. The number of hydrogen-bond acceptors (Lipinski definition) is 2. The lowest BCUT2D eigenvalue weighted by atomic mass is 9.99. The van der Waals surface area contributed by atoms with Crippen molar-refractivity contribution in [3.8, 4) is 0 Å². The fourth-order valence-electron chi connectivity index (χ4n) is 2.38. The summed E-state index contributed by atoms with van der Waals surface area (Å²) in [6.45, 7) is 0. The Kier molecular flexibility index (Phi) is 2.39. The maximum atomic E-state index is 9.41. The highest BCUT2D eigenvalue weighted by molar-refractivity contribution is 5.86. The van der Waals surface area contributed by atoms with Gasteiger partial charge < -0.3 is 9.84 Å². The summed E-state index contributed by atoms with van der Waals surface area (Å²) in [5.74, 6) is 0. The van der Waals surface area contributed by atoms with E-state index >= 15 is 0 Å². The molecule has 0 aromatic heterocycles. The van der Waals surface area contributed by atoms with Crippen molar-refractivity contribution >= 4 is 10.8 Å². The number of rotatable bonds is 1. The summed E-state index contributed by atoms with van der Waals surface area (Å²) in [6.07, 6.45) is 1.08. The molecule has 82 valence electrons. The molecular weight excluding hydrogens is 200 g/mol. The molecule has 0 bridgehead atoms. The van der Waals surface area contributed by atoms with Crippen molar-refractivity contribution in [3.05, 3.63) is 48.0 Å². The van der Waals surface area contributed by atoms with Gasteiger partial charge in [-0.1, -0.05) is 42.5 Å². The third-order valence-electron chi connectivity index (χ3n) is 3.17. The van der Waals surface area contributed by atoms with Gasteiger partial charge in [-0.05, 0) is 22.8 Å². The van der Waals surface area contributed by atoms with E-state index in [4.69, 9.17) is 4.74 Å². The van der Waals surface area contributed by atoms with Gasteiger partial charge in [0.25, 0.3) is 0 Å². The molecule has 2 nitrogen and oxygen atoms in total. The number of aliphatic hydroxyl groups is 1. The van der Waals surface area contributed by atoms with Crippen molar-refractivity contribution in [2.75, 3.05) is 0 Å². The number of fused-ring (bicyclic) bond motifs is 1. The second-order valence-electron chi connectivity index (χ2n) is 4.23. The number of benzene rings is 2. The van der Waals surface area contributed by atoms with Crippen LogP contribution in [0.3, 0.4) is 0 Å². The summed E-state index contributed by atoms with van der Waals surface area (Å²) in [5.41, 5.74) is 1.19. The molecule has 1 fully saturated rings. The van der Waals surface area contributed by atoms with E-state index in [2.05, 4.69) is 24.3 Å². The average Bonchev–Trinajstić information content (AvgIpc) is 2.75. The molecule has 1 N–H and O–H groups in total. The highest BCUT2D eigenvalue weighted by atomic mass is 16.6. The Morgan fingerprint density at radius 1 is 1.00 bits per heavy atom. The SMILES string of the molecule is OC1CCC(c2cccc3ccccc23)O1. The zero-order valence-corrected chi connectivity index (χ0v) is 8.97. The van der Waals surface area contributed by atoms with Gasteiger partial charge in [0.05, 0.1) is 6.10 Å². The molecule has 3 rings (SSSR count). The van der Waals surface area contributed by atoms with Crippen LogP contribution in [0.15, 0.2) is 42.5 Å². The van der Waals surface area contributed by atoms with Crippen molar-refractivity contribution in [2.24, 2.45) is 0 Å². The van der Waals surface area contributed by atoms with E-state index in [0.717, 1.165) is 12.8 Å². The van der Waals surface area contributed by atoms with E-state index in [1.807, 2.05) is 18.2 Å². The molecule has 0 saturated carbocycles. The molecule has 0 radical (unpaired) electrons. The van der Waals surface area contributed by atoms with Gasteiger partial charge in [0.2, 0.25) is 0 Å². The van der Waals surface area contributed by atoms with Gasteiger partial charge in [-0.25, -0.2) is 0 Å². The highest BCUT2D eigenvalue weighted by Gasteiger charge is 2.25. The maximum absolute atomic E-state index is 9.41. The maximum Gasteiger partial charge on any atom is 0.155 e. The first-order chi connectivity index (χ1) is 7.84. The fraction of sp³-hybridized carbons (Fsp3) is 0.286. The van der Waals surface area contributed by atoms with Crippen LogP contribution in [-0.2, 0) is 4.74 Å². The van der Waals surface area contributed by atoms with E-state index < -0.39 is 6.29 Å². The predicted molar refractivity (Wildman–Crippen MR) is 63.0 cm³/mol. The van der Waals surface area contributed by atoms with Crippen LogP contribution in [0, 0.1) is 0 Å². The van der Waals surface area contributed by atoms with E-state index in [0.29, 0.717) is 0 Å². The topological polar surface area (TPSA) is 29.5 Å². The van der Waals surface area contributed by atoms with Gasteiger partial charge in [-0.3, -0.25) is 0 Å². The zero-order chi connectivity index (χ0) is 11.0. The Labute approximate surface area is 94.5 Å². The van der Waals surface area contributed by atoms with E-state index in [1.165, 1.54) is 16.3 Å². The first kappa shape index (κ1) is 9.82. The standard InChI is InChI=1S/C14H14O2/c15-14-9-8-13(16-14)12-7-3-5-10-4-1-2-6-11(10)12/h1-7,13-15H,8-9H2. The third-order valence-corrected chi connectivity index (χ3v) is 3.17. The van der Waals surface area contributed by atoms with Crippen molar-refractivity contribution in [1.82, 2.24) is 0 Å². The normalized spacial score (nSPS) is 25.1. The van der Waals surface area contributed by atoms with Crippen LogP contribution in [0.5, 0.6) is 0 Å². The Bertz CT molecular complexity index is 502. The van der Waals surface area contributed by atoms with Crippen LogP contribution >= 0.6 is 0 Å². The average molecular weight is 214 g/mol. The minimum Gasteiger partial charge on any atom is -0.368 e. The molecule has 2 aromatic rings. The predicted octanol–water partition coefficient (Wildman–Crippen LogP) is 3.01. The minimum absolute atomic E-state index is 0.0427. The molecular formula is C14H14O2. The second kappa shape index (κ2) is 3.89. The molecule has 2 atom stereocenters. The second-order valence-corrected chi connectivity index (χ2v) is 4.23. The summed E-state index contributed by atoms with van der Waals surface area (Å²) >= 11 is 0. The molecule has 0 spiro atoms. The molecule has 16 heavy (non-hydrogen) atoms. The summed E-state index contributed by atoms with van der Waals surface area (Å²) in [7, 11) is 0. The largest absolute Gasteiger partial charge is 0.368 e. The molecule has 2 heteroatoms. The molecule has 2 aromatic carbocycles. The number of hydrogen-bond donors (Lipinski definition) is 1. The van der Waals surface area contributed by atoms with Crippen molar-refractivity contribution < 1.29 is 9.84 Å². The van der Waals surface area contributed by atoms with Crippen molar-refractivity contribution in [2.45, 2.75) is 25.2 Å². The summed E-state index contributed by atoms with van der Waals surface area (Å²) in [6, 6.07) is 14.5. The molecule has 1 aliphatic heterocycles. The van der Waals surface area contributed by atoms with Gasteiger partial charge in [0.15, 0.2) is 6.29 Å². The zero-order valence-electron chi connectivity index (χ0n) is 8.97. The van der Waals surface area contributed by atoms with Gasteiger partial charge in [-0.2, -0.15) is 0 Å². The lowest BCUT2D eigenvalue weighted by Crippen LogP contribution is -2.04. The van der Waals surface area contributed by atoms with Gasteiger partial charge >= 0.3 is 0 Å². The summed E-state index contributed by atoms with van der Waals surface area (Å²) in [4.78, 5) is 0. The lowest BCUT2D eigenvalue weighted by molar-refractivity contribution is -0.0910. The minimum atomic E-state index is -0.594. The van der Waals surface area contributed by atoms with Gasteiger partial charge in [-0.15, -0.1) is 0 Å². The monoisotopic (exact) mass is 214 g/mol. The van der Waals surface area contributed by atoms with E-state index in [9.17, 15) is 5.11 Å². The highest BCUT2D eigenvalue weighted by Crippen LogP contribution is 2.35. The van der Waals surface area contributed by atoms with Gasteiger partial charge in [0.1, 0.15) is 0 Å². The molecule has 1 saturated heterocycles. The van der Waals surface area contributed by atoms with Crippen LogP contribution in [0.4, 0.5) is 0 Å². The van der Waals surface area contributed by atoms with E-state index in [-0.39, 0.29) is 6.10 Å². The molecule has 2 unspecified atom stereocenters. The number of ether oxygens (including phenoxy) is 1. The number of aliphatic hydroxyl groups excluding tert-OH is 1. The smallest absolute Gasteiger partial charge is 0.155 e. The summed E-state index contributed by atoms with van der Waals surface area (Å²) < 4.78 is 5.51. The fourth-order valence-corrected chi connectivity index (χ4v) is 2.38. The summed E-state index contributed by atoms with van der Waals surface area (Å²) in [5, 5.41) is 11.9. The van der Waals surface area contributed by atoms with Crippen molar-refractivity contribution in [1.29, 1.82) is 0 Å². The molecule has 1 aliphatic rings. The molecule has 0 aliphatic carbocycles. The van der Waals surface area contributed by atoms with Crippen LogP contribution < -0.4 is 0 Å². The van der Waals surface area contributed by atoms with E-state index in [1.54, 1.807) is 0 Å². The van der Waals surface area contributed by atoms with Crippen LogP contribution in [0.2, 0.25) is 0 Å². The van der Waals surface area contributed by atoms with Crippen LogP contribution in [-0.4, -0.2) is 11.4 Å². The Balaban J connectivity index is 2.09. The third kappa shape index (κ3) is 1.60. The first-order valence-electron chi connectivity index (χ1n) is 5.66. The Morgan fingerprint density at radius 3 is 2.62 bits per heavy atom. The molecule has 1 heterocycles.